The molecule has 1 aromatic carbocycles. The Labute approximate surface area is 74.4 Å². The summed E-state index contributed by atoms with van der Waals surface area (Å²) in [5.41, 5.74) is 0.485. The van der Waals surface area contributed by atoms with Gasteiger partial charge in [0.05, 0.1) is 5.56 Å². The van der Waals surface area contributed by atoms with E-state index < -0.39 is 11.8 Å². The van der Waals surface area contributed by atoms with Crippen molar-refractivity contribution in [3.8, 4) is 0 Å². The van der Waals surface area contributed by atoms with E-state index in [0.29, 0.717) is 5.56 Å². The molecule has 12 heavy (non-hydrogen) atoms. The number of benzene rings is 1. The van der Waals surface area contributed by atoms with Crippen LogP contribution < -0.4 is 0 Å². The molecule has 1 aromatic rings. The Balaban J connectivity index is 3.33. The van der Waals surface area contributed by atoms with Crippen LogP contribution in [0.15, 0.2) is 17.0 Å². The quantitative estimate of drug-likeness (QED) is 0.659. The number of hydrogen-bond acceptors (Lipinski definition) is 2. The van der Waals surface area contributed by atoms with Crippen molar-refractivity contribution in [3.63, 3.8) is 0 Å². The number of hydrogen-bond donors (Lipinski definition) is 2. The largest absolute Gasteiger partial charge is 0.478 e. The number of carbonyl (C=O) groups is 1. The first-order valence-electron chi connectivity index (χ1n) is 3.25. The molecule has 0 aliphatic heterocycles. The summed E-state index contributed by atoms with van der Waals surface area (Å²) in [7, 11) is 0. The number of aryl methyl sites for hydroxylation is 1. The second kappa shape index (κ2) is 3.15. The SMILES string of the molecule is Cc1cc(F)c(S)cc1C(=O)O. The molecule has 0 bridgehead atoms. The van der Waals surface area contributed by atoms with Crippen molar-refractivity contribution >= 4 is 18.6 Å². The first-order chi connectivity index (χ1) is 5.52. The van der Waals surface area contributed by atoms with Gasteiger partial charge in [-0.3, -0.25) is 0 Å². The lowest BCUT2D eigenvalue weighted by molar-refractivity contribution is 0.0695. The smallest absolute Gasteiger partial charge is 0.335 e. The molecule has 0 fully saturated rings. The topological polar surface area (TPSA) is 37.3 Å². The van der Waals surface area contributed by atoms with Crippen LogP contribution in [0.4, 0.5) is 4.39 Å². The van der Waals surface area contributed by atoms with Crippen LogP contribution in [0.3, 0.4) is 0 Å². The van der Waals surface area contributed by atoms with Gasteiger partial charge in [0.2, 0.25) is 0 Å². The fourth-order valence-corrected chi connectivity index (χ4v) is 1.09. The van der Waals surface area contributed by atoms with E-state index in [-0.39, 0.29) is 10.5 Å². The minimum atomic E-state index is -1.07. The molecule has 0 unspecified atom stereocenters. The summed E-state index contributed by atoms with van der Waals surface area (Å²) in [6.45, 7) is 1.54. The molecule has 4 heteroatoms. The van der Waals surface area contributed by atoms with Gasteiger partial charge < -0.3 is 5.11 Å². The van der Waals surface area contributed by atoms with Gasteiger partial charge in [0.25, 0.3) is 0 Å². The lowest BCUT2D eigenvalue weighted by Crippen LogP contribution is -2.00. The molecule has 0 saturated heterocycles. The molecular weight excluding hydrogens is 179 g/mol. The third kappa shape index (κ3) is 1.58. The van der Waals surface area contributed by atoms with Gasteiger partial charge >= 0.3 is 5.97 Å². The fraction of sp³-hybridized carbons (Fsp3) is 0.125. The van der Waals surface area contributed by atoms with Gasteiger partial charge in [0, 0.05) is 4.90 Å². The molecule has 1 N–H and O–H groups in total. The maximum absolute atomic E-state index is 12.8. The Bertz CT molecular complexity index is 336. The van der Waals surface area contributed by atoms with Crippen LogP contribution in [0.25, 0.3) is 0 Å². The molecule has 1 rings (SSSR count). The second-order valence-electron chi connectivity index (χ2n) is 2.42. The van der Waals surface area contributed by atoms with E-state index in [1.165, 1.54) is 6.07 Å². The molecular formula is C8H7FO2S. The molecule has 0 spiro atoms. The maximum atomic E-state index is 12.8. The van der Waals surface area contributed by atoms with E-state index in [0.717, 1.165) is 6.07 Å². The molecule has 0 atom stereocenters. The van der Waals surface area contributed by atoms with Crippen molar-refractivity contribution in [1.29, 1.82) is 0 Å². The standard InChI is InChI=1S/C8H7FO2S/c1-4-2-6(9)7(12)3-5(4)8(10)11/h2-3,12H,1H3,(H,10,11). The maximum Gasteiger partial charge on any atom is 0.335 e. The van der Waals surface area contributed by atoms with Crippen LogP contribution in [0, 0.1) is 12.7 Å². The molecule has 64 valence electrons. The average molecular weight is 186 g/mol. The monoisotopic (exact) mass is 186 g/mol. The summed E-state index contributed by atoms with van der Waals surface area (Å²) in [5, 5.41) is 8.62. The zero-order valence-corrected chi connectivity index (χ0v) is 7.23. The molecule has 0 heterocycles. The summed E-state index contributed by atoms with van der Waals surface area (Å²) in [6.07, 6.45) is 0. The van der Waals surface area contributed by atoms with Gasteiger partial charge in [-0.05, 0) is 24.6 Å². The Morgan fingerprint density at radius 3 is 2.67 bits per heavy atom. The number of rotatable bonds is 1. The van der Waals surface area contributed by atoms with Crippen molar-refractivity contribution in [1.82, 2.24) is 0 Å². The van der Waals surface area contributed by atoms with E-state index in [2.05, 4.69) is 12.6 Å². The number of thiol groups is 1. The van der Waals surface area contributed by atoms with Gasteiger partial charge in [0.1, 0.15) is 5.82 Å². The number of carboxylic acids is 1. The van der Waals surface area contributed by atoms with Gasteiger partial charge in [-0.25, -0.2) is 9.18 Å². The second-order valence-corrected chi connectivity index (χ2v) is 2.91. The van der Waals surface area contributed by atoms with Crippen LogP contribution in [-0.4, -0.2) is 11.1 Å². The van der Waals surface area contributed by atoms with Gasteiger partial charge in [-0.2, -0.15) is 0 Å². The fourth-order valence-electron chi connectivity index (χ4n) is 0.892. The van der Waals surface area contributed by atoms with Crippen LogP contribution in [0.5, 0.6) is 0 Å². The van der Waals surface area contributed by atoms with Crippen LogP contribution in [-0.2, 0) is 0 Å². The van der Waals surface area contributed by atoms with Crippen molar-refractivity contribution < 1.29 is 14.3 Å². The first-order valence-corrected chi connectivity index (χ1v) is 3.69. The van der Waals surface area contributed by atoms with Crippen molar-refractivity contribution in [3.05, 3.63) is 29.1 Å². The van der Waals surface area contributed by atoms with Gasteiger partial charge in [0.15, 0.2) is 0 Å². The summed E-state index contributed by atoms with van der Waals surface area (Å²) in [4.78, 5) is 10.6. The molecule has 0 radical (unpaired) electrons. The van der Waals surface area contributed by atoms with Crippen LogP contribution in [0.2, 0.25) is 0 Å². The number of aromatic carboxylic acids is 1. The highest BCUT2D eigenvalue weighted by Crippen LogP contribution is 2.18. The zero-order valence-electron chi connectivity index (χ0n) is 6.34. The zero-order chi connectivity index (χ0) is 9.30. The Morgan fingerprint density at radius 2 is 2.17 bits per heavy atom. The Hall–Kier alpha value is -1.03. The Morgan fingerprint density at radius 1 is 1.58 bits per heavy atom. The van der Waals surface area contributed by atoms with E-state index in [1.807, 2.05) is 0 Å². The highest BCUT2D eigenvalue weighted by Gasteiger charge is 2.09. The van der Waals surface area contributed by atoms with E-state index in [1.54, 1.807) is 6.92 Å². The summed E-state index contributed by atoms with van der Waals surface area (Å²) in [6, 6.07) is 2.36. The molecule has 0 saturated carbocycles. The predicted molar refractivity (Wildman–Crippen MR) is 45.3 cm³/mol. The van der Waals surface area contributed by atoms with Gasteiger partial charge in [-0.15, -0.1) is 12.6 Å². The molecule has 0 aliphatic carbocycles. The number of halogens is 1. The van der Waals surface area contributed by atoms with Crippen LogP contribution in [0.1, 0.15) is 15.9 Å². The minimum absolute atomic E-state index is 0.0537. The molecule has 0 amide bonds. The van der Waals surface area contributed by atoms with E-state index in [4.69, 9.17) is 5.11 Å². The van der Waals surface area contributed by atoms with Crippen molar-refractivity contribution in [2.45, 2.75) is 11.8 Å². The third-order valence-electron chi connectivity index (χ3n) is 1.52. The van der Waals surface area contributed by atoms with Crippen LogP contribution >= 0.6 is 12.6 Å². The number of carboxylic acid groups (broad SMARTS) is 1. The van der Waals surface area contributed by atoms with Crippen molar-refractivity contribution in [2.24, 2.45) is 0 Å². The third-order valence-corrected chi connectivity index (χ3v) is 1.87. The minimum Gasteiger partial charge on any atom is -0.478 e. The molecule has 2 nitrogen and oxygen atoms in total. The Kier molecular flexibility index (Phi) is 2.38. The molecule has 0 aliphatic rings. The summed E-state index contributed by atoms with van der Waals surface area (Å²) >= 11 is 3.77. The lowest BCUT2D eigenvalue weighted by atomic mass is 10.1. The predicted octanol–water partition coefficient (Wildman–Crippen LogP) is 2.12. The summed E-state index contributed by atoms with van der Waals surface area (Å²) in [5.74, 6) is -1.57. The highest BCUT2D eigenvalue weighted by atomic mass is 32.1. The van der Waals surface area contributed by atoms with E-state index >= 15 is 0 Å². The normalized spacial score (nSPS) is 9.92. The molecule has 0 aromatic heterocycles. The highest BCUT2D eigenvalue weighted by molar-refractivity contribution is 7.80. The summed E-state index contributed by atoms with van der Waals surface area (Å²) < 4.78 is 12.8. The average Bonchev–Trinajstić information content (AvgIpc) is 1.96. The van der Waals surface area contributed by atoms with Gasteiger partial charge in [-0.1, -0.05) is 0 Å². The lowest BCUT2D eigenvalue weighted by Gasteiger charge is -2.02. The first kappa shape index (κ1) is 9.06. The van der Waals surface area contributed by atoms with Crippen molar-refractivity contribution in [2.75, 3.05) is 0 Å². The van der Waals surface area contributed by atoms with E-state index in [9.17, 15) is 9.18 Å².